The van der Waals surface area contributed by atoms with Crippen molar-refractivity contribution in [3.63, 3.8) is 0 Å². The molecule has 0 spiro atoms. The molecule has 164 valence electrons. The van der Waals surface area contributed by atoms with E-state index < -0.39 is 24.1 Å². The van der Waals surface area contributed by atoms with Crippen LogP contribution in [0.1, 0.15) is 26.2 Å². The van der Waals surface area contributed by atoms with Crippen LogP contribution in [-0.4, -0.2) is 61.3 Å². The molecule has 2 rings (SSSR count). The van der Waals surface area contributed by atoms with Gasteiger partial charge in [-0.05, 0) is 36.1 Å². The molecule has 0 saturated heterocycles. The SMILES string of the molecule is CCC(O)COc1ccc2c(OCC(O)COC(=O)CCC(=O)OC)cccc2c1. The van der Waals surface area contributed by atoms with E-state index in [2.05, 4.69) is 4.74 Å². The maximum absolute atomic E-state index is 11.6. The third kappa shape index (κ3) is 7.53. The first-order chi connectivity index (χ1) is 14.4. The van der Waals surface area contributed by atoms with Gasteiger partial charge < -0.3 is 29.2 Å². The fraction of sp³-hybridized carbons (Fsp3) is 0.455. The van der Waals surface area contributed by atoms with Gasteiger partial charge in [-0.3, -0.25) is 9.59 Å². The Morgan fingerprint density at radius 3 is 2.40 bits per heavy atom. The van der Waals surface area contributed by atoms with E-state index in [4.69, 9.17) is 14.2 Å². The van der Waals surface area contributed by atoms with Gasteiger partial charge in [-0.15, -0.1) is 0 Å². The predicted molar refractivity (Wildman–Crippen MR) is 109 cm³/mol. The molecule has 30 heavy (non-hydrogen) atoms. The Hall–Kier alpha value is -2.84. The van der Waals surface area contributed by atoms with Crippen molar-refractivity contribution in [2.45, 2.75) is 38.4 Å². The highest BCUT2D eigenvalue weighted by Gasteiger charge is 2.13. The summed E-state index contributed by atoms with van der Waals surface area (Å²) in [5.74, 6) is 0.127. The van der Waals surface area contributed by atoms with Crippen LogP contribution in [0.15, 0.2) is 36.4 Å². The average molecular weight is 420 g/mol. The van der Waals surface area contributed by atoms with Crippen molar-refractivity contribution < 1.29 is 38.7 Å². The largest absolute Gasteiger partial charge is 0.491 e. The zero-order valence-corrected chi connectivity index (χ0v) is 17.2. The average Bonchev–Trinajstić information content (AvgIpc) is 2.77. The molecule has 0 amide bonds. The number of aliphatic hydroxyl groups is 2. The molecular formula is C22H28O8. The number of hydrogen-bond donors (Lipinski definition) is 2. The summed E-state index contributed by atoms with van der Waals surface area (Å²) in [4.78, 5) is 22.6. The molecule has 8 nitrogen and oxygen atoms in total. The van der Waals surface area contributed by atoms with E-state index in [1.54, 1.807) is 12.1 Å². The van der Waals surface area contributed by atoms with Crippen LogP contribution in [0.2, 0.25) is 0 Å². The molecule has 0 radical (unpaired) electrons. The summed E-state index contributed by atoms with van der Waals surface area (Å²) in [6.07, 6.45) is -1.08. The van der Waals surface area contributed by atoms with Gasteiger partial charge in [0.2, 0.25) is 0 Å². The number of ether oxygens (including phenoxy) is 4. The van der Waals surface area contributed by atoms with Crippen LogP contribution in [0.3, 0.4) is 0 Å². The van der Waals surface area contributed by atoms with E-state index in [-0.39, 0.29) is 32.7 Å². The molecule has 0 aliphatic heterocycles. The standard InChI is InChI=1S/C22H28O8/c1-3-16(23)12-28-18-7-8-19-15(11-18)5-4-6-20(19)29-13-17(24)14-30-22(26)10-9-21(25)27-2/h4-8,11,16-17,23-24H,3,9-10,12-14H2,1-2H3. The Balaban J connectivity index is 1.86. The number of carbonyl (C=O) groups excluding carboxylic acids is 2. The highest BCUT2D eigenvalue weighted by molar-refractivity contribution is 5.89. The van der Waals surface area contributed by atoms with Gasteiger partial charge in [-0.2, -0.15) is 0 Å². The van der Waals surface area contributed by atoms with Gasteiger partial charge in [0, 0.05) is 5.39 Å². The third-order valence-corrected chi connectivity index (χ3v) is 4.35. The molecule has 2 aromatic carbocycles. The van der Waals surface area contributed by atoms with Gasteiger partial charge in [-0.1, -0.05) is 19.1 Å². The van der Waals surface area contributed by atoms with Gasteiger partial charge in [0.1, 0.15) is 37.4 Å². The number of benzene rings is 2. The third-order valence-electron chi connectivity index (χ3n) is 4.35. The summed E-state index contributed by atoms with van der Waals surface area (Å²) in [6, 6.07) is 11.0. The Bertz CT molecular complexity index is 835. The Labute approximate surface area is 175 Å². The van der Waals surface area contributed by atoms with Crippen molar-refractivity contribution in [3.8, 4) is 11.5 Å². The van der Waals surface area contributed by atoms with E-state index in [9.17, 15) is 19.8 Å². The molecule has 0 bridgehead atoms. The summed E-state index contributed by atoms with van der Waals surface area (Å²) < 4.78 is 20.7. The van der Waals surface area contributed by atoms with Gasteiger partial charge in [0.05, 0.1) is 26.1 Å². The molecule has 0 aliphatic carbocycles. The second-order valence-electron chi connectivity index (χ2n) is 6.74. The van der Waals surface area contributed by atoms with Crippen LogP contribution in [-0.2, 0) is 19.1 Å². The van der Waals surface area contributed by atoms with E-state index in [1.807, 2.05) is 31.2 Å². The molecule has 8 heteroatoms. The lowest BCUT2D eigenvalue weighted by atomic mass is 10.1. The summed E-state index contributed by atoms with van der Waals surface area (Å²) in [5.41, 5.74) is 0. The number of carbonyl (C=O) groups is 2. The minimum atomic E-state index is -1.01. The summed E-state index contributed by atoms with van der Waals surface area (Å²) in [7, 11) is 1.24. The predicted octanol–water partition coefficient (Wildman–Crippen LogP) is 2.23. The summed E-state index contributed by atoms with van der Waals surface area (Å²) in [6.45, 7) is 1.81. The molecular weight excluding hydrogens is 392 g/mol. The van der Waals surface area contributed by atoms with Gasteiger partial charge >= 0.3 is 11.9 Å². The van der Waals surface area contributed by atoms with Crippen molar-refractivity contribution in [1.29, 1.82) is 0 Å². The van der Waals surface area contributed by atoms with Crippen LogP contribution in [0.4, 0.5) is 0 Å². The zero-order chi connectivity index (χ0) is 21.9. The lowest BCUT2D eigenvalue weighted by molar-refractivity contribution is -0.151. The molecule has 2 aromatic rings. The fourth-order valence-electron chi connectivity index (χ4n) is 2.56. The van der Waals surface area contributed by atoms with Crippen LogP contribution < -0.4 is 9.47 Å². The molecule has 2 N–H and O–H groups in total. The van der Waals surface area contributed by atoms with Gasteiger partial charge in [0.15, 0.2) is 0 Å². The van der Waals surface area contributed by atoms with Crippen molar-refractivity contribution in [3.05, 3.63) is 36.4 Å². The number of rotatable bonds is 12. The quantitative estimate of drug-likeness (QED) is 0.503. The minimum Gasteiger partial charge on any atom is -0.491 e. The first-order valence-corrected chi connectivity index (χ1v) is 9.79. The molecule has 2 atom stereocenters. The molecule has 0 heterocycles. The monoisotopic (exact) mass is 420 g/mol. The maximum Gasteiger partial charge on any atom is 0.306 e. The molecule has 2 unspecified atom stereocenters. The molecule has 0 aliphatic rings. The van der Waals surface area contributed by atoms with Gasteiger partial charge in [-0.25, -0.2) is 0 Å². The smallest absolute Gasteiger partial charge is 0.306 e. The minimum absolute atomic E-state index is 0.0651. The Morgan fingerprint density at radius 2 is 1.67 bits per heavy atom. The van der Waals surface area contributed by atoms with Crippen molar-refractivity contribution in [2.75, 3.05) is 26.9 Å². The normalized spacial score (nSPS) is 12.8. The number of hydrogen-bond acceptors (Lipinski definition) is 8. The van der Waals surface area contributed by atoms with Crippen molar-refractivity contribution >= 4 is 22.7 Å². The van der Waals surface area contributed by atoms with E-state index in [0.717, 1.165) is 10.8 Å². The second-order valence-corrected chi connectivity index (χ2v) is 6.74. The van der Waals surface area contributed by atoms with Crippen LogP contribution in [0, 0.1) is 0 Å². The number of methoxy groups -OCH3 is 1. The Kier molecular flexibility index (Phi) is 9.37. The highest BCUT2D eigenvalue weighted by atomic mass is 16.6. The number of aliphatic hydroxyl groups excluding tert-OH is 2. The van der Waals surface area contributed by atoms with Crippen molar-refractivity contribution in [2.24, 2.45) is 0 Å². The summed E-state index contributed by atoms with van der Waals surface area (Å²) in [5, 5.41) is 21.4. The number of esters is 2. The first kappa shape index (κ1) is 23.4. The van der Waals surface area contributed by atoms with Crippen LogP contribution >= 0.6 is 0 Å². The molecule has 0 fully saturated rings. The van der Waals surface area contributed by atoms with Crippen LogP contribution in [0.5, 0.6) is 11.5 Å². The summed E-state index contributed by atoms with van der Waals surface area (Å²) >= 11 is 0. The highest BCUT2D eigenvalue weighted by Crippen LogP contribution is 2.29. The lowest BCUT2D eigenvalue weighted by Gasteiger charge is -2.15. The fourth-order valence-corrected chi connectivity index (χ4v) is 2.56. The zero-order valence-electron chi connectivity index (χ0n) is 17.2. The first-order valence-electron chi connectivity index (χ1n) is 9.79. The topological polar surface area (TPSA) is 112 Å². The van der Waals surface area contributed by atoms with Gasteiger partial charge in [0.25, 0.3) is 0 Å². The number of fused-ring (bicyclic) bond motifs is 1. The second kappa shape index (κ2) is 12.0. The maximum atomic E-state index is 11.6. The molecule has 0 saturated carbocycles. The Morgan fingerprint density at radius 1 is 0.933 bits per heavy atom. The van der Waals surface area contributed by atoms with E-state index in [1.165, 1.54) is 7.11 Å². The lowest BCUT2D eigenvalue weighted by Crippen LogP contribution is -2.25. The van der Waals surface area contributed by atoms with E-state index in [0.29, 0.717) is 17.9 Å². The molecule has 0 aromatic heterocycles. The van der Waals surface area contributed by atoms with Crippen LogP contribution in [0.25, 0.3) is 10.8 Å². The van der Waals surface area contributed by atoms with Crippen molar-refractivity contribution in [1.82, 2.24) is 0 Å². The van der Waals surface area contributed by atoms with E-state index >= 15 is 0 Å².